The van der Waals surface area contributed by atoms with E-state index < -0.39 is 11.6 Å². The van der Waals surface area contributed by atoms with Gasteiger partial charge >= 0.3 is 0 Å². The van der Waals surface area contributed by atoms with Gasteiger partial charge in [-0.1, -0.05) is 6.07 Å². The Bertz CT molecular complexity index is 578. The molecule has 19 heavy (non-hydrogen) atoms. The van der Waals surface area contributed by atoms with Crippen molar-refractivity contribution in [2.24, 2.45) is 5.84 Å². The minimum Gasteiger partial charge on any atom is -0.271 e. The molecule has 2 rings (SSSR count). The van der Waals surface area contributed by atoms with Crippen molar-refractivity contribution in [1.29, 1.82) is 0 Å². The van der Waals surface area contributed by atoms with Crippen LogP contribution in [0.4, 0.5) is 8.78 Å². The van der Waals surface area contributed by atoms with Gasteiger partial charge in [-0.2, -0.15) is 0 Å². The van der Waals surface area contributed by atoms with E-state index in [1.807, 2.05) is 6.07 Å². The highest BCUT2D eigenvalue weighted by atomic mass is 79.9. The number of halogens is 3. The molecule has 1 unspecified atom stereocenters. The molecule has 0 amide bonds. The lowest BCUT2D eigenvalue weighted by Gasteiger charge is -2.16. The number of rotatable bonds is 4. The standard InChI is InChI=1S/C13H12BrF2N3/c14-10-5-9(6-18-7-10)13(19-17)4-8-1-2-11(15)12(16)3-8/h1-3,5-7,13,19H,4,17H2. The average Bonchev–Trinajstić information content (AvgIpc) is 2.40. The predicted molar refractivity (Wildman–Crippen MR) is 72.1 cm³/mol. The zero-order valence-corrected chi connectivity index (χ0v) is 11.5. The SMILES string of the molecule is NNC(Cc1ccc(F)c(F)c1)c1cncc(Br)c1. The van der Waals surface area contributed by atoms with Crippen molar-refractivity contribution in [1.82, 2.24) is 10.4 Å². The van der Waals surface area contributed by atoms with Crippen LogP contribution < -0.4 is 11.3 Å². The number of nitrogens with two attached hydrogens (primary N) is 1. The van der Waals surface area contributed by atoms with Gasteiger partial charge in [0.1, 0.15) is 0 Å². The molecule has 3 N–H and O–H groups in total. The highest BCUT2D eigenvalue weighted by molar-refractivity contribution is 9.10. The first kappa shape index (κ1) is 14.0. The summed E-state index contributed by atoms with van der Waals surface area (Å²) >= 11 is 3.33. The highest BCUT2D eigenvalue weighted by Gasteiger charge is 2.13. The van der Waals surface area contributed by atoms with Gasteiger partial charge in [0.2, 0.25) is 0 Å². The quantitative estimate of drug-likeness (QED) is 0.670. The zero-order valence-electron chi connectivity index (χ0n) is 9.91. The van der Waals surface area contributed by atoms with E-state index in [0.717, 1.165) is 16.1 Å². The normalized spacial score (nSPS) is 12.4. The minimum atomic E-state index is -0.861. The Hall–Kier alpha value is -1.37. The second-order valence-electron chi connectivity index (χ2n) is 4.11. The van der Waals surface area contributed by atoms with E-state index in [1.54, 1.807) is 12.4 Å². The number of benzene rings is 1. The summed E-state index contributed by atoms with van der Waals surface area (Å²) in [5, 5.41) is 0. The van der Waals surface area contributed by atoms with Gasteiger partial charge < -0.3 is 0 Å². The molecule has 0 radical (unpaired) electrons. The Morgan fingerprint density at radius 3 is 2.63 bits per heavy atom. The number of pyridine rings is 1. The maximum atomic E-state index is 13.2. The molecule has 6 heteroatoms. The smallest absolute Gasteiger partial charge is 0.159 e. The highest BCUT2D eigenvalue weighted by Crippen LogP contribution is 2.21. The summed E-state index contributed by atoms with van der Waals surface area (Å²) in [5.74, 6) is 3.79. The van der Waals surface area contributed by atoms with Gasteiger partial charge in [0.05, 0.1) is 6.04 Å². The molecule has 1 atom stereocenters. The largest absolute Gasteiger partial charge is 0.271 e. The van der Waals surface area contributed by atoms with Crippen LogP contribution in [0.2, 0.25) is 0 Å². The third kappa shape index (κ3) is 3.56. The first-order chi connectivity index (χ1) is 9.10. The molecular weight excluding hydrogens is 316 g/mol. The molecule has 3 nitrogen and oxygen atoms in total. The maximum Gasteiger partial charge on any atom is 0.159 e. The molecule has 0 bridgehead atoms. The summed E-state index contributed by atoms with van der Waals surface area (Å²) in [6.07, 6.45) is 3.77. The Balaban J connectivity index is 2.21. The van der Waals surface area contributed by atoms with Crippen LogP contribution in [0.25, 0.3) is 0 Å². The second-order valence-corrected chi connectivity index (χ2v) is 5.02. The summed E-state index contributed by atoms with van der Waals surface area (Å²) in [6.45, 7) is 0. The Morgan fingerprint density at radius 1 is 1.21 bits per heavy atom. The van der Waals surface area contributed by atoms with Crippen LogP contribution in [0, 0.1) is 11.6 Å². The van der Waals surface area contributed by atoms with Crippen LogP contribution in [0.5, 0.6) is 0 Å². The Kier molecular flexibility index (Phi) is 4.57. The number of nitrogens with zero attached hydrogens (tertiary/aromatic N) is 1. The summed E-state index contributed by atoms with van der Waals surface area (Å²) in [4.78, 5) is 4.05. The molecule has 0 aliphatic carbocycles. The van der Waals surface area contributed by atoms with Gasteiger partial charge in [0, 0.05) is 16.9 Å². The minimum absolute atomic E-state index is 0.227. The second kappa shape index (κ2) is 6.18. The number of aromatic nitrogens is 1. The Labute approximate surface area is 117 Å². The lowest BCUT2D eigenvalue weighted by Crippen LogP contribution is -2.29. The fourth-order valence-electron chi connectivity index (χ4n) is 1.79. The van der Waals surface area contributed by atoms with Crippen molar-refractivity contribution in [3.05, 3.63) is 63.9 Å². The van der Waals surface area contributed by atoms with E-state index in [9.17, 15) is 8.78 Å². The van der Waals surface area contributed by atoms with Gasteiger partial charge in [-0.15, -0.1) is 0 Å². The molecule has 1 aromatic carbocycles. The molecule has 0 aliphatic heterocycles. The third-order valence-corrected chi connectivity index (χ3v) is 3.19. The van der Waals surface area contributed by atoms with E-state index in [1.165, 1.54) is 12.1 Å². The van der Waals surface area contributed by atoms with Gasteiger partial charge in [0.15, 0.2) is 11.6 Å². The molecule has 0 saturated carbocycles. The number of hydrogen-bond donors (Lipinski definition) is 2. The first-order valence-electron chi connectivity index (χ1n) is 5.60. The molecule has 2 aromatic rings. The van der Waals surface area contributed by atoms with Crippen molar-refractivity contribution < 1.29 is 8.78 Å². The molecular formula is C13H12BrF2N3. The van der Waals surface area contributed by atoms with Gasteiger partial charge in [-0.05, 0) is 51.7 Å². The number of nitrogens with one attached hydrogen (secondary N) is 1. The van der Waals surface area contributed by atoms with Crippen LogP contribution in [0.15, 0.2) is 41.1 Å². The summed E-state index contributed by atoms with van der Waals surface area (Å²) in [6, 6.07) is 5.46. The van der Waals surface area contributed by atoms with Crippen LogP contribution in [0.3, 0.4) is 0 Å². The Morgan fingerprint density at radius 2 is 2.00 bits per heavy atom. The summed E-state index contributed by atoms with van der Waals surface area (Å²) in [5.41, 5.74) is 4.17. The van der Waals surface area contributed by atoms with Gasteiger partial charge in [-0.25, -0.2) is 8.78 Å². The zero-order chi connectivity index (χ0) is 13.8. The average molecular weight is 328 g/mol. The van der Waals surface area contributed by atoms with Crippen LogP contribution in [0.1, 0.15) is 17.2 Å². The maximum absolute atomic E-state index is 13.2. The van der Waals surface area contributed by atoms with Crippen molar-refractivity contribution >= 4 is 15.9 Å². The number of hydrogen-bond acceptors (Lipinski definition) is 3. The lowest BCUT2D eigenvalue weighted by molar-refractivity contribution is 0.502. The monoisotopic (exact) mass is 327 g/mol. The van der Waals surface area contributed by atoms with E-state index in [2.05, 4.69) is 26.3 Å². The van der Waals surface area contributed by atoms with Crippen molar-refractivity contribution in [2.45, 2.75) is 12.5 Å². The van der Waals surface area contributed by atoms with Crippen LogP contribution in [-0.2, 0) is 6.42 Å². The van der Waals surface area contributed by atoms with Crippen molar-refractivity contribution in [2.75, 3.05) is 0 Å². The van der Waals surface area contributed by atoms with Gasteiger partial charge in [-0.3, -0.25) is 16.3 Å². The molecule has 0 aliphatic rings. The lowest BCUT2D eigenvalue weighted by atomic mass is 10.0. The molecule has 1 heterocycles. The van der Waals surface area contributed by atoms with Crippen LogP contribution >= 0.6 is 15.9 Å². The molecule has 0 saturated heterocycles. The first-order valence-corrected chi connectivity index (χ1v) is 6.40. The summed E-state index contributed by atoms with van der Waals surface area (Å²) in [7, 11) is 0. The van der Waals surface area contributed by atoms with E-state index in [4.69, 9.17) is 5.84 Å². The van der Waals surface area contributed by atoms with E-state index >= 15 is 0 Å². The van der Waals surface area contributed by atoms with Crippen molar-refractivity contribution in [3.63, 3.8) is 0 Å². The fourth-order valence-corrected chi connectivity index (χ4v) is 2.18. The molecule has 0 fully saturated rings. The molecule has 100 valence electrons. The van der Waals surface area contributed by atoms with Gasteiger partial charge in [0.25, 0.3) is 0 Å². The molecule has 1 aromatic heterocycles. The van der Waals surface area contributed by atoms with E-state index in [0.29, 0.717) is 12.0 Å². The third-order valence-electron chi connectivity index (χ3n) is 2.75. The van der Waals surface area contributed by atoms with Crippen molar-refractivity contribution in [3.8, 4) is 0 Å². The topological polar surface area (TPSA) is 50.9 Å². The fraction of sp³-hybridized carbons (Fsp3) is 0.154. The molecule has 0 spiro atoms. The summed E-state index contributed by atoms with van der Waals surface area (Å²) < 4.78 is 26.8. The number of hydrazine groups is 1. The van der Waals surface area contributed by atoms with Crippen LogP contribution in [-0.4, -0.2) is 4.98 Å². The van der Waals surface area contributed by atoms with E-state index in [-0.39, 0.29) is 6.04 Å². The predicted octanol–water partition coefficient (Wildman–Crippen LogP) is 2.87.